The Kier molecular flexibility index (Phi) is 5.75. The second kappa shape index (κ2) is 9.34. The minimum Gasteiger partial charge on any atom is -0.354 e. The third-order valence-electron chi connectivity index (χ3n) is 6.45. The van der Waals surface area contributed by atoms with E-state index in [1.54, 1.807) is 17.5 Å². The van der Waals surface area contributed by atoms with Gasteiger partial charge in [-0.2, -0.15) is 5.26 Å². The molecule has 4 heterocycles. The lowest BCUT2D eigenvalue weighted by Crippen LogP contribution is -2.46. The number of hydrogen-bond acceptors (Lipinski definition) is 6. The minimum absolute atomic E-state index is 0.601. The number of imidazole rings is 1. The van der Waals surface area contributed by atoms with Crippen LogP contribution in [0, 0.1) is 11.3 Å². The summed E-state index contributed by atoms with van der Waals surface area (Å²) in [6.07, 6.45) is 1.65. The summed E-state index contributed by atoms with van der Waals surface area (Å²) in [6, 6.07) is 27.3. The van der Waals surface area contributed by atoms with Gasteiger partial charge >= 0.3 is 0 Å². The van der Waals surface area contributed by atoms with Gasteiger partial charge < -0.3 is 9.88 Å². The van der Waals surface area contributed by atoms with Crippen LogP contribution in [0.15, 0.2) is 79.0 Å². The van der Waals surface area contributed by atoms with Crippen LogP contribution in [0.1, 0.15) is 11.1 Å². The van der Waals surface area contributed by atoms with E-state index in [0.29, 0.717) is 5.56 Å². The molecule has 1 aliphatic rings. The summed E-state index contributed by atoms with van der Waals surface area (Å²) in [5, 5.41) is 8.96. The fourth-order valence-corrected chi connectivity index (χ4v) is 5.45. The molecule has 0 unspecified atom stereocenters. The zero-order valence-corrected chi connectivity index (χ0v) is 20.0. The molecule has 6 nitrogen and oxygen atoms in total. The second-order valence-electron chi connectivity index (χ2n) is 8.74. The molecule has 0 radical (unpaired) electrons. The number of nitrogens with one attached hydrogen (secondary N) is 1. The maximum atomic E-state index is 8.96. The molecule has 0 atom stereocenters. The zero-order chi connectivity index (χ0) is 23.6. The van der Waals surface area contributed by atoms with Crippen LogP contribution in [0.3, 0.4) is 0 Å². The average molecular weight is 477 g/mol. The van der Waals surface area contributed by atoms with Crippen molar-refractivity contribution in [3.63, 3.8) is 0 Å². The Morgan fingerprint density at radius 2 is 1.69 bits per heavy atom. The standard InChI is InChI=1S/C28H24N6S/c29-17-21-7-12-27(30-18-21)34-15-13-33(14-16-34)19-20-5-8-22(9-6-20)25-10-11-26(35-25)28-31-23-3-1-2-4-24(23)32-28/h1-12,18H,13-16,19H2,(H,31,32). The monoisotopic (exact) mass is 476 g/mol. The Bertz CT molecular complexity index is 1450. The van der Waals surface area contributed by atoms with E-state index >= 15 is 0 Å². The molecule has 0 aliphatic carbocycles. The van der Waals surface area contributed by atoms with Crippen molar-refractivity contribution in [3.8, 4) is 27.2 Å². The van der Waals surface area contributed by atoms with Gasteiger partial charge in [0.15, 0.2) is 0 Å². The first-order valence-electron chi connectivity index (χ1n) is 11.7. The Morgan fingerprint density at radius 1 is 0.886 bits per heavy atom. The summed E-state index contributed by atoms with van der Waals surface area (Å²) >= 11 is 1.76. The molecular formula is C28H24N6S. The number of fused-ring (bicyclic) bond motifs is 1. The molecule has 6 rings (SSSR count). The number of pyridine rings is 1. The number of benzene rings is 2. The van der Waals surface area contributed by atoms with Crippen LogP contribution >= 0.6 is 11.3 Å². The van der Waals surface area contributed by atoms with E-state index in [9.17, 15) is 0 Å². The number of nitriles is 1. The number of rotatable bonds is 5. The summed E-state index contributed by atoms with van der Waals surface area (Å²) in [5.41, 5.74) is 5.22. The molecule has 7 heteroatoms. The lowest BCUT2D eigenvalue weighted by molar-refractivity contribution is 0.249. The number of nitrogens with zero attached hydrogens (tertiary/aromatic N) is 5. The Morgan fingerprint density at radius 3 is 2.43 bits per heavy atom. The molecule has 0 bridgehead atoms. The van der Waals surface area contributed by atoms with Crippen molar-refractivity contribution in [2.75, 3.05) is 31.1 Å². The number of thiophene rings is 1. The van der Waals surface area contributed by atoms with Gasteiger partial charge in [-0.15, -0.1) is 11.3 Å². The number of anilines is 1. The summed E-state index contributed by atoms with van der Waals surface area (Å²) in [4.78, 5) is 19.8. The largest absolute Gasteiger partial charge is 0.354 e. The number of H-pyrrole nitrogens is 1. The zero-order valence-electron chi connectivity index (χ0n) is 19.2. The van der Waals surface area contributed by atoms with E-state index in [-0.39, 0.29) is 0 Å². The van der Waals surface area contributed by atoms with E-state index in [1.807, 2.05) is 30.3 Å². The second-order valence-corrected chi connectivity index (χ2v) is 9.83. The molecule has 1 N–H and O–H groups in total. The van der Waals surface area contributed by atoms with Crippen molar-refractivity contribution in [1.82, 2.24) is 19.9 Å². The molecule has 5 aromatic rings. The number of hydrogen-bond donors (Lipinski definition) is 1. The average Bonchev–Trinajstić information content (AvgIpc) is 3.57. The maximum absolute atomic E-state index is 8.96. The molecule has 0 amide bonds. The Balaban J connectivity index is 1.08. The van der Waals surface area contributed by atoms with E-state index in [1.165, 1.54) is 16.0 Å². The molecule has 1 aliphatic heterocycles. The smallest absolute Gasteiger partial charge is 0.148 e. The van der Waals surface area contributed by atoms with Crippen molar-refractivity contribution >= 4 is 28.2 Å². The highest BCUT2D eigenvalue weighted by Crippen LogP contribution is 2.34. The molecule has 0 spiro atoms. The molecule has 1 saturated heterocycles. The highest BCUT2D eigenvalue weighted by molar-refractivity contribution is 7.18. The molecular weight excluding hydrogens is 452 g/mol. The summed E-state index contributed by atoms with van der Waals surface area (Å²) in [7, 11) is 0. The summed E-state index contributed by atoms with van der Waals surface area (Å²) in [6.45, 7) is 4.82. The maximum Gasteiger partial charge on any atom is 0.148 e. The van der Waals surface area contributed by atoms with E-state index in [4.69, 9.17) is 10.2 Å². The predicted octanol–water partition coefficient (Wildman–Crippen LogP) is 5.55. The fourth-order valence-electron chi connectivity index (χ4n) is 4.50. The van der Waals surface area contributed by atoms with Gasteiger partial charge in [0.1, 0.15) is 17.7 Å². The highest BCUT2D eigenvalue weighted by atomic mass is 32.1. The predicted molar refractivity (Wildman–Crippen MR) is 141 cm³/mol. The minimum atomic E-state index is 0.601. The number of piperazine rings is 1. The van der Waals surface area contributed by atoms with Crippen LogP contribution in [0.5, 0.6) is 0 Å². The lowest BCUT2D eigenvalue weighted by Gasteiger charge is -2.35. The quantitative estimate of drug-likeness (QED) is 0.360. The van der Waals surface area contributed by atoms with Crippen molar-refractivity contribution in [3.05, 3.63) is 90.1 Å². The highest BCUT2D eigenvalue weighted by Gasteiger charge is 2.18. The first-order chi connectivity index (χ1) is 17.2. The van der Waals surface area contributed by atoms with Crippen molar-refractivity contribution in [1.29, 1.82) is 5.26 Å². The van der Waals surface area contributed by atoms with Crippen molar-refractivity contribution in [2.45, 2.75) is 6.54 Å². The van der Waals surface area contributed by atoms with Crippen LogP contribution in [-0.2, 0) is 6.54 Å². The fraction of sp³-hybridized carbons (Fsp3) is 0.179. The number of aromatic amines is 1. The molecule has 172 valence electrons. The summed E-state index contributed by atoms with van der Waals surface area (Å²) < 4.78 is 0. The SMILES string of the molecule is N#Cc1ccc(N2CCN(Cc3ccc(-c4ccc(-c5nc6ccccc6[nH]5)s4)cc3)CC2)nc1. The molecule has 0 saturated carbocycles. The van der Waals surface area contributed by atoms with Gasteiger partial charge in [-0.25, -0.2) is 9.97 Å². The lowest BCUT2D eigenvalue weighted by atomic mass is 10.1. The normalized spacial score (nSPS) is 14.3. The van der Waals surface area contributed by atoms with Gasteiger partial charge in [0.2, 0.25) is 0 Å². The molecule has 3 aromatic heterocycles. The van der Waals surface area contributed by atoms with Gasteiger partial charge in [0.25, 0.3) is 0 Å². The van der Waals surface area contributed by atoms with Gasteiger partial charge in [-0.3, -0.25) is 4.90 Å². The van der Waals surface area contributed by atoms with Gasteiger partial charge in [0, 0.05) is 43.8 Å². The van der Waals surface area contributed by atoms with Crippen LogP contribution in [-0.4, -0.2) is 46.0 Å². The Labute approximate surface area is 208 Å². The number of aromatic nitrogens is 3. The van der Waals surface area contributed by atoms with E-state index < -0.39 is 0 Å². The van der Waals surface area contributed by atoms with Gasteiger partial charge in [-0.1, -0.05) is 36.4 Å². The first-order valence-corrected chi connectivity index (χ1v) is 12.5. The Hall–Kier alpha value is -3.99. The van der Waals surface area contributed by atoms with Crippen LogP contribution in [0.4, 0.5) is 5.82 Å². The van der Waals surface area contributed by atoms with Crippen LogP contribution < -0.4 is 4.90 Å². The summed E-state index contributed by atoms with van der Waals surface area (Å²) in [5.74, 6) is 1.88. The molecule has 35 heavy (non-hydrogen) atoms. The van der Waals surface area contributed by atoms with Crippen molar-refractivity contribution < 1.29 is 0 Å². The van der Waals surface area contributed by atoms with Crippen LogP contribution in [0.2, 0.25) is 0 Å². The number of para-hydroxylation sites is 2. The first kappa shape index (κ1) is 21.5. The van der Waals surface area contributed by atoms with E-state index in [0.717, 1.165) is 60.3 Å². The van der Waals surface area contributed by atoms with Gasteiger partial charge in [0.05, 0.1) is 21.5 Å². The van der Waals surface area contributed by atoms with E-state index in [2.05, 4.69) is 68.3 Å². The third kappa shape index (κ3) is 4.54. The third-order valence-corrected chi connectivity index (χ3v) is 7.59. The van der Waals surface area contributed by atoms with Crippen LogP contribution in [0.25, 0.3) is 32.2 Å². The van der Waals surface area contributed by atoms with Gasteiger partial charge in [-0.05, 0) is 47.5 Å². The molecule has 2 aromatic carbocycles. The van der Waals surface area contributed by atoms with Crippen molar-refractivity contribution in [2.24, 2.45) is 0 Å². The molecule has 1 fully saturated rings. The topological polar surface area (TPSA) is 71.8 Å².